The van der Waals surface area contributed by atoms with Gasteiger partial charge in [-0.3, -0.25) is 14.5 Å². The van der Waals surface area contributed by atoms with Crippen molar-refractivity contribution >= 4 is 23.2 Å². The van der Waals surface area contributed by atoms with Crippen LogP contribution in [-0.4, -0.2) is 71.7 Å². The van der Waals surface area contributed by atoms with Crippen molar-refractivity contribution in [3.8, 4) is 5.75 Å². The maximum atomic E-state index is 12.9. The Balaban J connectivity index is 1.33. The van der Waals surface area contributed by atoms with Crippen LogP contribution in [0.2, 0.25) is 0 Å². The number of ether oxygens (including phenoxy) is 1. The zero-order valence-electron chi connectivity index (χ0n) is 17.7. The van der Waals surface area contributed by atoms with Crippen molar-refractivity contribution < 1.29 is 19.4 Å². The van der Waals surface area contributed by atoms with Gasteiger partial charge < -0.3 is 20.1 Å². The van der Waals surface area contributed by atoms with E-state index in [1.54, 1.807) is 7.11 Å². The van der Waals surface area contributed by atoms with Gasteiger partial charge in [0.05, 0.1) is 24.1 Å². The van der Waals surface area contributed by atoms with E-state index in [2.05, 4.69) is 10.2 Å². The van der Waals surface area contributed by atoms with Gasteiger partial charge in [0.25, 0.3) is 5.91 Å². The topological polar surface area (TPSA) is 82.1 Å². The number of aliphatic hydroxyl groups is 1. The van der Waals surface area contributed by atoms with E-state index in [0.29, 0.717) is 32.6 Å². The van der Waals surface area contributed by atoms with E-state index in [0.717, 1.165) is 29.0 Å². The predicted molar refractivity (Wildman–Crippen MR) is 119 cm³/mol. The Morgan fingerprint density at radius 2 is 2.03 bits per heavy atom. The van der Waals surface area contributed by atoms with Crippen LogP contribution < -0.4 is 10.1 Å². The summed E-state index contributed by atoms with van der Waals surface area (Å²) in [5, 5.41) is 15.2. The number of β-amino-alcohol motifs (C(OH)–C–C–N with tert-alkyl or cyclic N) is 1. The number of piperidine rings is 1. The number of likely N-dealkylation sites (tertiary alicyclic amines) is 2. The molecule has 2 N–H and O–H groups in total. The van der Waals surface area contributed by atoms with Gasteiger partial charge in [-0.1, -0.05) is 18.2 Å². The average Bonchev–Trinajstić information content (AvgIpc) is 3.47. The maximum Gasteiger partial charge on any atom is 0.263 e. The molecule has 2 atom stereocenters. The van der Waals surface area contributed by atoms with Gasteiger partial charge in [-0.05, 0) is 48.4 Å². The number of rotatable bonds is 6. The molecule has 2 aliphatic rings. The number of nitrogens with zero attached hydrogens (tertiary/aromatic N) is 2. The molecule has 0 radical (unpaired) electrons. The molecule has 1 aromatic heterocycles. The number of aliphatic hydroxyl groups excluding tert-OH is 1. The zero-order chi connectivity index (χ0) is 21.8. The summed E-state index contributed by atoms with van der Waals surface area (Å²) in [6.45, 7) is 2.27. The first-order valence-electron chi connectivity index (χ1n) is 10.7. The standard InChI is InChI=1S/C23H29N3O4S/c1-30-19-5-2-4-16(12-19)14-24-22(28)20-13-18(27)15-26(20)17-7-9-25(10-8-17)23(29)21-6-3-11-31-21/h2-6,11-12,17-18,20,27H,7-10,13-15H2,1H3,(H,24,28)/t18-,20+/m1/s1. The molecule has 166 valence electrons. The minimum absolute atomic E-state index is 0.0588. The molecule has 2 aliphatic heterocycles. The van der Waals surface area contributed by atoms with Crippen molar-refractivity contribution in [1.82, 2.24) is 15.1 Å². The van der Waals surface area contributed by atoms with Crippen LogP contribution in [0.15, 0.2) is 41.8 Å². The van der Waals surface area contributed by atoms with Crippen LogP contribution in [-0.2, 0) is 11.3 Å². The number of hydrogen-bond donors (Lipinski definition) is 2. The number of hydrogen-bond acceptors (Lipinski definition) is 6. The molecule has 8 heteroatoms. The third-order valence-corrected chi connectivity index (χ3v) is 7.03. The van der Waals surface area contributed by atoms with Gasteiger partial charge in [0.2, 0.25) is 5.91 Å². The lowest BCUT2D eigenvalue weighted by Gasteiger charge is -2.38. The molecule has 2 aromatic rings. The van der Waals surface area contributed by atoms with E-state index in [4.69, 9.17) is 4.74 Å². The average molecular weight is 444 g/mol. The minimum Gasteiger partial charge on any atom is -0.497 e. The number of nitrogens with one attached hydrogen (secondary N) is 1. The number of thiophene rings is 1. The van der Waals surface area contributed by atoms with E-state index in [-0.39, 0.29) is 23.9 Å². The molecule has 0 bridgehead atoms. The van der Waals surface area contributed by atoms with Crippen LogP contribution in [0.4, 0.5) is 0 Å². The van der Waals surface area contributed by atoms with E-state index in [1.165, 1.54) is 11.3 Å². The van der Waals surface area contributed by atoms with Gasteiger partial charge in [0.1, 0.15) is 5.75 Å². The zero-order valence-corrected chi connectivity index (χ0v) is 18.5. The highest BCUT2D eigenvalue weighted by Gasteiger charge is 2.41. The largest absolute Gasteiger partial charge is 0.497 e. The second kappa shape index (κ2) is 9.80. The molecule has 2 fully saturated rings. The van der Waals surface area contributed by atoms with Crippen molar-refractivity contribution in [2.24, 2.45) is 0 Å². The van der Waals surface area contributed by atoms with Gasteiger partial charge in [0, 0.05) is 32.2 Å². The van der Waals surface area contributed by atoms with E-state index in [1.807, 2.05) is 46.7 Å². The normalized spacial score (nSPS) is 22.5. The molecule has 7 nitrogen and oxygen atoms in total. The summed E-state index contributed by atoms with van der Waals surface area (Å²) in [5.41, 5.74) is 0.971. The third-order valence-electron chi connectivity index (χ3n) is 6.17. The highest BCUT2D eigenvalue weighted by Crippen LogP contribution is 2.27. The molecular weight excluding hydrogens is 414 g/mol. The lowest BCUT2D eigenvalue weighted by molar-refractivity contribution is -0.126. The molecule has 3 heterocycles. The molecule has 2 amide bonds. The predicted octanol–water partition coefficient (Wildman–Crippen LogP) is 2.11. The first-order chi connectivity index (χ1) is 15.0. The summed E-state index contributed by atoms with van der Waals surface area (Å²) in [7, 11) is 1.62. The van der Waals surface area contributed by atoms with Gasteiger partial charge in [-0.2, -0.15) is 0 Å². The fraction of sp³-hybridized carbons (Fsp3) is 0.478. The minimum atomic E-state index is -0.502. The van der Waals surface area contributed by atoms with Crippen molar-refractivity contribution in [1.29, 1.82) is 0 Å². The van der Waals surface area contributed by atoms with Crippen LogP contribution in [0.5, 0.6) is 5.75 Å². The lowest BCUT2D eigenvalue weighted by atomic mass is 10.0. The highest BCUT2D eigenvalue weighted by molar-refractivity contribution is 7.12. The first kappa shape index (κ1) is 21.8. The van der Waals surface area contributed by atoms with Crippen LogP contribution in [0.1, 0.15) is 34.5 Å². The summed E-state index contributed by atoms with van der Waals surface area (Å²) < 4.78 is 5.24. The number of methoxy groups -OCH3 is 1. The number of amides is 2. The molecule has 0 saturated carbocycles. The molecule has 4 rings (SSSR count). The SMILES string of the molecule is COc1cccc(CNC(=O)[C@@H]2C[C@@H](O)CN2C2CCN(C(=O)c3cccs3)CC2)c1. The Kier molecular flexibility index (Phi) is 6.89. The monoisotopic (exact) mass is 443 g/mol. The Morgan fingerprint density at radius 3 is 2.74 bits per heavy atom. The van der Waals surface area contributed by atoms with Crippen molar-refractivity contribution in [2.45, 2.75) is 44.0 Å². The third kappa shape index (κ3) is 5.08. The fourth-order valence-corrected chi connectivity index (χ4v) is 5.24. The van der Waals surface area contributed by atoms with Gasteiger partial charge in [-0.15, -0.1) is 11.3 Å². The molecule has 0 spiro atoms. The molecule has 1 aromatic carbocycles. The molecule has 0 aliphatic carbocycles. The molecule has 0 unspecified atom stereocenters. The second-order valence-electron chi connectivity index (χ2n) is 8.17. The Morgan fingerprint density at radius 1 is 1.23 bits per heavy atom. The second-order valence-corrected chi connectivity index (χ2v) is 9.12. The number of carbonyl (C=O) groups excluding carboxylic acids is 2. The van der Waals surface area contributed by atoms with Crippen LogP contribution >= 0.6 is 11.3 Å². The van der Waals surface area contributed by atoms with E-state index < -0.39 is 6.10 Å². The van der Waals surface area contributed by atoms with Gasteiger partial charge in [-0.25, -0.2) is 0 Å². The van der Waals surface area contributed by atoms with Crippen molar-refractivity contribution in [3.63, 3.8) is 0 Å². The molecular formula is C23H29N3O4S. The quantitative estimate of drug-likeness (QED) is 0.715. The molecule has 2 saturated heterocycles. The van der Waals surface area contributed by atoms with Crippen molar-refractivity contribution in [2.75, 3.05) is 26.7 Å². The maximum absolute atomic E-state index is 12.9. The van der Waals surface area contributed by atoms with Crippen LogP contribution in [0.3, 0.4) is 0 Å². The smallest absolute Gasteiger partial charge is 0.263 e. The number of benzene rings is 1. The summed E-state index contributed by atoms with van der Waals surface area (Å²) in [4.78, 5) is 30.3. The summed E-state index contributed by atoms with van der Waals surface area (Å²) in [5.74, 6) is 0.785. The Hall–Kier alpha value is -2.42. The summed E-state index contributed by atoms with van der Waals surface area (Å²) in [6.07, 6.45) is 1.56. The Bertz CT molecular complexity index is 896. The first-order valence-corrected chi connectivity index (χ1v) is 11.6. The summed E-state index contributed by atoms with van der Waals surface area (Å²) in [6, 6.07) is 11.2. The highest BCUT2D eigenvalue weighted by atomic mass is 32.1. The Labute approximate surface area is 186 Å². The molecule has 31 heavy (non-hydrogen) atoms. The van der Waals surface area contributed by atoms with Crippen LogP contribution in [0, 0.1) is 0 Å². The lowest BCUT2D eigenvalue weighted by Crippen LogP contribution is -2.52. The number of carbonyl (C=O) groups is 2. The van der Waals surface area contributed by atoms with Crippen molar-refractivity contribution in [3.05, 3.63) is 52.2 Å². The van der Waals surface area contributed by atoms with Gasteiger partial charge in [0.15, 0.2) is 0 Å². The van der Waals surface area contributed by atoms with Crippen LogP contribution in [0.25, 0.3) is 0 Å². The fourth-order valence-electron chi connectivity index (χ4n) is 4.55. The van der Waals surface area contributed by atoms with Gasteiger partial charge >= 0.3 is 0 Å². The van der Waals surface area contributed by atoms with E-state index in [9.17, 15) is 14.7 Å². The van der Waals surface area contributed by atoms with E-state index >= 15 is 0 Å². The summed E-state index contributed by atoms with van der Waals surface area (Å²) >= 11 is 1.47.